The van der Waals surface area contributed by atoms with E-state index in [1.54, 1.807) is 36.6 Å². The summed E-state index contributed by atoms with van der Waals surface area (Å²) in [5, 5.41) is 7.18. The van der Waals surface area contributed by atoms with Gasteiger partial charge in [0.25, 0.3) is 5.91 Å². The lowest BCUT2D eigenvalue weighted by atomic mass is 10.1. The standard InChI is InChI=1S/C20H28N2O3S/c1-5-6-10-25-18-8-7-15(12-19(18)24-4)20(23)21-13-17(22(2)3)16-9-11-26-14-16/h7-9,11-12,14,17H,5-6,10,13H2,1-4H3,(H,21,23). The summed E-state index contributed by atoms with van der Waals surface area (Å²) in [5.74, 6) is 1.13. The quantitative estimate of drug-likeness (QED) is 0.638. The number of rotatable bonds is 10. The van der Waals surface area contributed by atoms with Crippen LogP contribution < -0.4 is 14.8 Å². The molecule has 2 rings (SSSR count). The van der Waals surface area contributed by atoms with Gasteiger partial charge in [-0.2, -0.15) is 11.3 Å². The highest BCUT2D eigenvalue weighted by atomic mass is 32.1. The molecule has 1 aromatic heterocycles. The fraction of sp³-hybridized carbons (Fsp3) is 0.450. The van der Waals surface area contributed by atoms with Gasteiger partial charge in [0.15, 0.2) is 11.5 Å². The second-order valence-electron chi connectivity index (χ2n) is 6.31. The molecule has 1 aromatic carbocycles. The van der Waals surface area contributed by atoms with Gasteiger partial charge in [0.05, 0.1) is 19.8 Å². The molecule has 0 aliphatic rings. The number of carbonyl (C=O) groups is 1. The second-order valence-corrected chi connectivity index (χ2v) is 7.09. The lowest BCUT2D eigenvalue weighted by Crippen LogP contribution is -2.34. The average Bonchev–Trinajstić information content (AvgIpc) is 3.16. The van der Waals surface area contributed by atoms with E-state index >= 15 is 0 Å². The first kappa shape index (κ1) is 20.3. The molecule has 1 N–H and O–H groups in total. The predicted molar refractivity (Wildman–Crippen MR) is 106 cm³/mol. The van der Waals surface area contributed by atoms with Crippen molar-refractivity contribution >= 4 is 17.2 Å². The summed E-state index contributed by atoms with van der Waals surface area (Å²) in [4.78, 5) is 14.7. The molecule has 1 unspecified atom stereocenters. The fourth-order valence-corrected chi connectivity index (χ4v) is 3.32. The minimum absolute atomic E-state index is 0.120. The van der Waals surface area contributed by atoms with Gasteiger partial charge in [-0.15, -0.1) is 0 Å². The Kier molecular flexibility index (Phi) is 7.94. The molecular formula is C20H28N2O3S. The molecule has 0 radical (unpaired) electrons. The number of nitrogens with one attached hydrogen (secondary N) is 1. The van der Waals surface area contributed by atoms with Crippen LogP contribution in [0.25, 0.3) is 0 Å². The molecule has 0 saturated heterocycles. The highest BCUT2D eigenvalue weighted by Crippen LogP contribution is 2.28. The first-order valence-corrected chi connectivity index (χ1v) is 9.78. The number of likely N-dealkylation sites (N-methyl/N-ethyl adjacent to an activating group) is 1. The van der Waals surface area contributed by atoms with Crippen molar-refractivity contribution in [3.63, 3.8) is 0 Å². The van der Waals surface area contributed by atoms with Gasteiger partial charge in [0, 0.05) is 12.1 Å². The van der Waals surface area contributed by atoms with Crippen LogP contribution in [0.5, 0.6) is 11.5 Å². The molecule has 1 amide bonds. The van der Waals surface area contributed by atoms with Gasteiger partial charge in [-0.1, -0.05) is 13.3 Å². The minimum Gasteiger partial charge on any atom is -0.493 e. The van der Waals surface area contributed by atoms with Crippen molar-refractivity contribution in [3.8, 4) is 11.5 Å². The SMILES string of the molecule is CCCCOc1ccc(C(=O)NCC(c2ccsc2)N(C)C)cc1OC. The summed E-state index contributed by atoms with van der Waals surface area (Å²) in [6.07, 6.45) is 2.06. The second kappa shape index (κ2) is 10.2. The van der Waals surface area contributed by atoms with E-state index in [0.29, 0.717) is 30.2 Å². The Hall–Kier alpha value is -2.05. The lowest BCUT2D eigenvalue weighted by Gasteiger charge is -2.24. The number of amides is 1. The zero-order valence-corrected chi connectivity index (χ0v) is 16.8. The number of carbonyl (C=O) groups excluding carboxylic acids is 1. The highest BCUT2D eigenvalue weighted by molar-refractivity contribution is 7.07. The van der Waals surface area contributed by atoms with Crippen LogP contribution in [0.1, 0.15) is 41.7 Å². The Morgan fingerprint density at radius 3 is 2.69 bits per heavy atom. The Morgan fingerprint density at radius 2 is 2.08 bits per heavy atom. The average molecular weight is 377 g/mol. The van der Waals surface area contributed by atoms with Crippen molar-refractivity contribution in [2.24, 2.45) is 0 Å². The van der Waals surface area contributed by atoms with E-state index in [4.69, 9.17) is 9.47 Å². The van der Waals surface area contributed by atoms with E-state index in [-0.39, 0.29) is 11.9 Å². The molecule has 0 saturated carbocycles. The van der Waals surface area contributed by atoms with Crippen molar-refractivity contribution in [2.45, 2.75) is 25.8 Å². The maximum Gasteiger partial charge on any atom is 0.251 e. The van der Waals surface area contributed by atoms with Crippen LogP contribution in [-0.2, 0) is 0 Å². The van der Waals surface area contributed by atoms with Crippen LogP contribution >= 0.6 is 11.3 Å². The Bertz CT molecular complexity index is 686. The van der Waals surface area contributed by atoms with Crippen LogP contribution in [0.15, 0.2) is 35.0 Å². The van der Waals surface area contributed by atoms with Crippen molar-refractivity contribution in [2.75, 3.05) is 34.4 Å². The van der Waals surface area contributed by atoms with E-state index in [1.165, 1.54) is 5.56 Å². The van der Waals surface area contributed by atoms with Gasteiger partial charge in [0.2, 0.25) is 0 Å². The lowest BCUT2D eigenvalue weighted by molar-refractivity contribution is 0.0941. The van der Waals surface area contributed by atoms with E-state index in [0.717, 1.165) is 12.8 Å². The number of thiophene rings is 1. The first-order chi connectivity index (χ1) is 12.6. The Labute approximate surface area is 159 Å². The zero-order chi connectivity index (χ0) is 18.9. The van der Waals surface area contributed by atoms with Crippen molar-refractivity contribution in [1.82, 2.24) is 10.2 Å². The Morgan fingerprint density at radius 1 is 1.27 bits per heavy atom. The monoisotopic (exact) mass is 376 g/mol. The number of hydrogen-bond acceptors (Lipinski definition) is 5. The van der Waals surface area contributed by atoms with E-state index < -0.39 is 0 Å². The molecule has 1 atom stereocenters. The van der Waals surface area contributed by atoms with Gasteiger partial charge in [-0.3, -0.25) is 4.79 Å². The number of unbranched alkanes of at least 4 members (excludes halogenated alkanes) is 1. The van der Waals surface area contributed by atoms with Crippen LogP contribution in [0.3, 0.4) is 0 Å². The van der Waals surface area contributed by atoms with Crippen LogP contribution in [0, 0.1) is 0 Å². The maximum atomic E-state index is 12.6. The molecule has 1 heterocycles. The summed E-state index contributed by atoms with van der Waals surface area (Å²) >= 11 is 1.66. The third-order valence-electron chi connectivity index (χ3n) is 4.19. The maximum absolute atomic E-state index is 12.6. The predicted octanol–water partition coefficient (Wildman–Crippen LogP) is 3.97. The summed E-state index contributed by atoms with van der Waals surface area (Å²) in [6.45, 7) is 3.30. The molecule has 0 spiro atoms. The molecule has 6 heteroatoms. The molecule has 2 aromatic rings. The van der Waals surface area contributed by atoms with E-state index in [1.807, 2.05) is 14.1 Å². The van der Waals surface area contributed by atoms with Crippen LogP contribution in [0.2, 0.25) is 0 Å². The molecule has 0 aliphatic carbocycles. The van der Waals surface area contributed by atoms with Crippen molar-refractivity contribution in [3.05, 3.63) is 46.2 Å². The normalized spacial score (nSPS) is 12.0. The molecule has 26 heavy (non-hydrogen) atoms. The zero-order valence-electron chi connectivity index (χ0n) is 16.0. The minimum atomic E-state index is -0.120. The van der Waals surface area contributed by atoms with Crippen molar-refractivity contribution < 1.29 is 14.3 Å². The van der Waals surface area contributed by atoms with Crippen LogP contribution in [-0.4, -0.2) is 45.2 Å². The molecule has 0 fully saturated rings. The van der Waals surface area contributed by atoms with Crippen LogP contribution in [0.4, 0.5) is 0 Å². The molecular weight excluding hydrogens is 348 g/mol. The van der Waals surface area contributed by atoms with Gasteiger partial charge in [-0.25, -0.2) is 0 Å². The number of methoxy groups -OCH3 is 1. The molecule has 0 bridgehead atoms. The number of hydrogen-bond donors (Lipinski definition) is 1. The Balaban J connectivity index is 2.02. The third-order valence-corrected chi connectivity index (χ3v) is 4.89. The summed E-state index contributed by atoms with van der Waals surface area (Å²) in [7, 11) is 5.61. The summed E-state index contributed by atoms with van der Waals surface area (Å²) in [5.41, 5.74) is 1.77. The molecule has 0 aliphatic heterocycles. The number of ether oxygens (including phenoxy) is 2. The van der Waals surface area contributed by atoms with Gasteiger partial charge < -0.3 is 19.7 Å². The van der Waals surface area contributed by atoms with E-state index in [2.05, 4.69) is 34.0 Å². The fourth-order valence-electron chi connectivity index (χ4n) is 2.61. The number of benzene rings is 1. The molecule has 142 valence electrons. The van der Waals surface area contributed by atoms with Gasteiger partial charge in [0.1, 0.15) is 0 Å². The molecule has 5 nitrogen and oxygen atoms in total. The topological polar surface area (TPSA) is 50.8 Å². The van der Waals surface area contributed by atoms with Gasteiger partial charge >= 0.3 is 0 Å². The third kappa shape index (κ3) is 5.47. The van der Waals surface area contributed by atoms with E-state index in [9.17, 15) is 4.79 Å². The summed E-state index contributed by atoms with van der Waals surface area (Å²) < 4.78 is 11.1. The largest absolute Gasteiger partial charge is 0.493 e. The number of nitrogens with zero attached hydrogens (tertiary/aromatic N) is 1. The smallest absolute Gasteiger partial charge is 0.251 e. The summed E-state index contributed by atoms with van der Waals surface area (Å²) in [6, 6.07) is 7.53. The highest BCUT2D eigenvalue weighted by Gasteiger charge is 2.17. The van der Waals surface area contributed by atoms with Crippen molar-refractivity contribution in [1.29, 1.82) is 0 Å². The first-order valence-electron chi connectivity index (χ1n) is 8.84. The van der Waals surface area contributed by atoms with Gasteiger partial charge in [-0.05, 0) is 61.1 Å².